The first kappa shape index (κ1) is 8.50. The molecule has 13 heavy (non-hydrogen) atoms. The van der Waals surface area contributed by atoms with Crippen LogP contribution >= 0.6 is 0 Å². The first-order valence-electron chi connectivity index (χ1n) is 4.10. The molecule has 5 heteroatoms. The van der Waals surface area contributed by atoms with Crippen molar-refractivity contribution in [2.24, 2.45) is 0 Å². The van der Waals surface area contributed by atoms with Crippen LogP contribution in [-0.2, 0) is 9.73 Å². The van der Waals surface area contributed by atoms with Crippen molar-refractivity contribution in [3.05, 3.63) is 18.3 Å². The van der Waals surface area contributed by atoms with Crippen molar-refractivity contribution in [3.63, 3.8) is 0 Å². The summed E-state index contributed by atoms with van der Waals surface area (Å²) in [5.74, 6) is 0.398. The number of pyridine rings is 1. The number of nitrogen functional groups attached to an aromatic ring is 1. The maximum absolute atomic E-state index is 11.8. The summed E-state index contributed by atoms with van der Waals surface area (Å²) in [4.78, 5) is 4.34. The van der Waals surface area contributed by atoms with E-state index in [9.17, 15) is 4.21 Å². The summed E-state index contributed by atoms with van der Waals surface area (Å²) in [5.41, 5.74) is 5.40. The highest BCUT2D eigenvalue weighted by Crippen LogP contribution is 2.33. The topological polar surface area (TPSA) is 79.8 Å². The van der Waals surface area contributed by atoms with E-state index in [-0.39, 0.29) is 5.25 Å². The molecule has 3 N–H and O–H groups in total. The Morgan fingerprint density at radius 1 is 1.54 bits per heavy atom. The van der Waals surface area contributed by atoms with Crippen molar-refractivity contribution in [2.75, 3.05) is 5.73 Å². The van der Waals surface area contributed by atoms with Crippen molar-refractivity contribution in [2.45, 2.75) is 23.0 Å². The molecule has 0 radical (unpaired) electrons. The monoisotopic (exact) mass is 197 g/mol. The Kier molecular flexibility index (Phi) is 1.76. The summed E-state index contributed by atoms with van der Waals surface area (Å²) < 4.78 is 19.5. The summed E-state index contributed by atoms with van der Waals surface area (Å²) in [7, 11) is -2.60. The van der Waals surface area contributed by atoms with E-state index in [0.29, 0.717) is 10.7 Å². The smallest absolute Gasteiger partial charge is 0.123 e. The summed E-state index contributed by atoms with van der Waals surface area (Å²) in [6, 6.07) is 3.22. The number of hydrogen-bond acceptors (Lipinski definition) is 4. The molecule has 1 aliphatic rings. The van der Waals surface area contributed by atoms with E-state index in [4.69, 9.17) is 10.5 Å². The lowest BCUT2D eigenvalue weighted by atomic mass is 10.5. The van der Waals surface area contributed by atoms with Crippen LogP contribution in [0.25, 0.3) is 0 Å². The van der Waals surface area contributed by atoms with Gasteiger partial charge < -0.3 is 5.73 Å². The van der Waals surface area contributed by atoms with Crippen LogP contribution in [0.1, 0.15) is 12.8 Å². The van der Waals surface area contributed by atoms with Crippen molar-refractivity contribution < 1.29 is 4.21 Å². The number of nitrogens with two attached hydrogens (primary N) is 1. The number of nitrogens with one attached hydrogen (secondary N) is 1. The average Bonchev–Trinajstić information content (AvgIpc) is 2.87. The molecule has 0 bridgehead atoms. The summed E-state index contributed by atoms with van der Waals surface area (Å²) >= 11 is 0. The number of nitrogens with zero attached hydrogens (tertiary/aromatic N) is 1. The number of anilines is 1. The highest BCUT2D eigenvalue weighted by atomic mass is 32.2. The summed E-state index contributed by atoms with van der Waals surface area (Å²) in [6.45, 7) is 0. The third-order valence-corrected chi connectivity index (χ3v) is 4.46. The Morgan fingerprint density at radius 2 is 2.23 bits per heavy atom. The Bertz CT molecular complexity index is 406. The van der Waals surface area contributed by atoms with Crippen LogP contribution in [-0.4, -0.2) is 14.4 Å². The molecular formula is C8H11N3OS. The van der Waals surface area contributed by atoms with E-state index in [1.165, 1.54) is 6.20 Å². The molecule has 1 unspecified atom stereocenters. The second-order valence-corrected chi connectivity index (χ2v) is 5.56. The van der Waals surface area contributed by atoms with Crippen LogP contribution in [0, 0.1) is 4.78 Å². The molecule has 2 rings (SSSR count). The lowest BCUT2D eigenvalue weighted by Gasteiger charge is -2.04. The standard InChI is InChI=1S/C8H11N3OS/c9-8-4-3-7(5-11-8)13(10,12)6-1-2-6/h3-6,10H,1-2H2,(H2,9,11). The molecule has 1 saturated carbocycles. The van der Waals surface area contributed by atoms with Crippen LogP contribution in [0.15, 0.2) is 23.2 Å². The molecule has 1 heterocycles. The zero-order valence-corrected chi connectivity index (χ0v) is 7.88. The van der Waals surface area contributed by atoms with Gasteiger partial charge in [0, 0.05) is 11.4 Å². The predicted molar refractivity (Wildman–Crippen MR) is 50.8 cm³/mol. The third-order valence-electron chi connectivity index (χ3n) is 2.10. The zero-order valence-electron chi connectivity index (χ0n) is 7.06. The first-order valence-corrected chi connectivity index (χ1v) is 5.72. The van der Waals surface area contributed by atoms with Gasteiger partial charge in [0.2, 0.25) is 0 Å². The SMILES string of the molecule is N=S(=O)(c1ccc(N)nc1)C1CC1. The van der Waals surface area contributed by atoms with Gasteiger partial charge in [0.15, 0.2) is 0 Å². The maximum atomic E-state index is 11.8. The van der Waals surface area contributed by atoms with E-state index >= 15 is 0 Å². The molecule has 0 amide bonds. The van der Waals surface area contributed by atoms with E-state index in [1.54, 1.807) is 12.1 Å². The number of hydrogen-bond donors (Lipinski definition) is 2. The quantitative estimate of drug-likeness (QED) is 0.748. The molecule has 0 aliphatic heterocycles. The molecule has 0 spiro atoms. The fourth-order valence-electron chi connectivity index (χ4n) is 1.16. The van der Waals surface area contributed by atoms with Gasteiger partial charge in [0.05, 0.1) is 14.6 Å². The minimum atomic E-state index is -2.60. The molecule has 1 aliphatic carbocycles. The van der Waals surface area contributed by atoms with E-state index < -0.39 is 9.73 Å². The van der Waals surface area contributed by atoms with Crippen LogP contribution in [0.4, 0.5) is 5.82 Å². The predicted octanol–water partition coefficient (Wildman–Crippen LogP) is 1.23. The van der Waals surface area contributed by atoms with Crippen molar-refractivity contribution in [3.8, 4) is 0 Å². The molecule has 70 valence electrons. The van der Waals surface area contributed by atoms with E-state index in [2.05, 4.69) is 4.98 Å². The van der Waals surface area contributed by atoms with Gasteiger partial charge in [-0.2, -0.15) is 0 Å². The number of rotatable bonds is 2. The molecule has 0 saturated heterocycles. The van der Waals surface area contributed by atoms with E-state index in [1.807, 2.05) is 0 Å². The van der Waals surface area contributed by atoms with E-state index in [0.717, 1.165) is 12.8 Å². The summed E-state index contributed by atoms with van der Waals surface area (Å²) in [6.07, 6.45) is 3.24. The van der Waals surface area contributed by atoms with Gasteiger partial charge >= 0.3 is 0 Å². The second-order valence-electron chi connectivity index (χ2n) is 3.22. The van der Waals surface area contributed by atoms with Crippen LogP contribution < -0.4 is 5.73 Å². The van der Waals surface area contributed by atoms with Gasteiger partial charge in [0.1, 0.15) is 5.82 Å². The average molecular weight is 197 g/mol. The molecule has 4 nitrogen and oxygen atoms in total. The minimum absolute atomic E-state index is 0.0397. The normalized spacial score (nSPS) is 20.9. The lowest BCUT2D eigenvalue weighted by molar-refractivity contribution is 0.673. The van der Waals surface area contributed by atoms with Crippen LogP contribution in [0.5, 0.6) is 0 Å². The molecular weight excluding hydrogens is 186 g/mol. The highest BCUT2D eigenvalue weighted by molar-refractivity contribution is 7.93. The van der Waals surface area contributed by atoms with Gasteiger partial charge in [-0.25, -0.2) is 14.0 Å². The fourth-order valence-corrected chi connectivity index (χ4v) is 2.83. The maximum Gasteiger partial charge on any atom is 0.123 e. The van der Waals surface area contributed by atoms with Gasteiger partial charge in [-0.3, -0.25) is 0 Å². The number of aromatic nitrogens is 1. The Hall–Kier alpha value is -1.10. The summed E-state index contributed by atoms with van der Waals surface area (Å²) in [5, 5.41) is 0.0397. The fraction of sp³-hybridized carbons (Fsp3) is 0.375. The Morgan fingerprint density at radius 3 is 2.69 bits per heavy atom. The Labute approximate surface area is 77.1 Å². The van der Waals surface area contributed by atoms with Gasteiger partial charge in [-0.1, -0.05) is 0 Å². The second kappa shape index (κ2) is 2.70. The zero-order chi connectivity index (χ0) is 9.47. The Balaban J connectivity index is 2.40. The first-order chi connectivity index (χ1) is 6.10. The molecule has 1 fully saturated rings. The molecule has 1 aromatic rings. The van der Waals surface area contributed by atoms with Gasteiger partial charge in [0.25, 0.3) is 0 Å². The van der Waals surface area contributed by atoms with Crippen molar-refractivity contribution >= 4 is 15.5 Å². The minimum Gasteiger partial charge on any atom is -0.384 e. The van der Waals surface area contributed by atoms with Gasteiger partial charge in [-0.05, 0) is 25.0 Å². The molecule has 1 aromatic heterocycles. The third kappa shape index (κ3) is 1.51. The van der Waals surface area contributed by atoms with Crippen molar-refractivity contribution in [1.82, 2.24) is 4.98 Å². The van der Waals surface area contributed by atoms with Crippen LogP contribution in [0.2, 0.25) is 0 Å². The van der Waals surface area contributed by atoms with Crippen molar-refractivity contribution in [1.29, 1.82) is 4.78 Å². The highest BCUT2D eigenvalue weighted by Gasteiger charge is 2.33. The molecule has 1 atom stereocenters. The largest absolute Gasteiger partial charge is 0.384 e. The lowest BCUT2D eigenvalue weighted by Crippen LogP contribution is -2.05. The van der Waals surface area contributed by atoms with Crippen LogP contribution in [0.3, 0.4) is 0 Å². The molecule has 0 aromatic carbocycles. The van der Waals surface area contributed by atoms with Gasteiger partial charge in [-0.15, -0.1) is 0 Å².